The van der Waals surface area contributed by atoms with Crippen molar-refractivity contribution in [3.8, 4) is 0 Å². The van der Waals surface area contributed by atoms with Crippen molar-refractivity contribution in [3.05, 3.63) is 12.7 Å². The summed E-state index contributed by atoms with van der Waals surface area (Å²) in [6.45, 7) is 8.41. The Balaban J connectivity index is 2.92. The minimum absolute atomic E-state index is 0.481. The molecule has 0 unspecified atom stereocenters. The van der Waals surface area contributed by atoms with Crippen molar-refractivity contribution in [1.82, 2.24) is 4.90 Å². The molecular weight excluding hydrogens is 222 g/mol. The van der Waals surface area contributed by atoms with Crippen LogP contribution in [0.15, 0.2) is 12.7 Å². The van der Waals surface area contributed by atoms with Gasteiger partial charge in [-0.2, -0.15) is 0 Å². The summed E-state index contributed by atoms with van der Waals surface area (Å²) in [6, 6.07) is 0. The van der Waals surface area contributed by atoms with Crippen LogP contribution < -0.4 is 0 Å². The molecule has 1 rings (SSSR count). The van der Waals surface area contributed by atoms with Crippen LogP contribution in [0, 0.1) is 0 Å². The maximum atomic E-state index is 11.9. The summed E-state index contributed by atoms with van der Waals surface area (Å²) in [6.07, 6.45) is 1.79. The van der Waals surface area contributed by atoms with E-state index in [0.29, 0.717) is 19.1 Å². The lowest BCUT2D eigenvalue weighted by Gasteiger charge is -2.28. The van der Waals surface area contributed by atoms with Crippen molar-refractivity contribution in [2.45, 2.75) is 44.8 Å². The third-order valence-electron chi connectivity index (χ3n) is 2.40. The van der Waals surface area contributed by atoms with Gasteiger partial charge in [0.05, 0.1) is 0 Å². The third-order valence-corrected chi connectivity index (χ3v) is 2.40. The first kappa shape index (κ1) is 13.4. The van der Waals surface area contributed by atoms with Crippen molar-refractivity contribution in [1.29, 1.82) is 0 Å². The first-order valence-corrected chi connectivity index (χ1v) is 5.42. The highest BCUT2D eigenvalue weighted by Gasteiger charge is 2.54. The second-order valence-corrected chi connectivity index (χ2v) is 5.08. The molecule has 0 atom stereocenters. The van der Waals surface area contributed by atoms with E-state index in [1.807, 2.05) is 0 Å². The fourth-order valence-electron chi connectivity index (χ4n) is 1.41. The fraction of sp³-hybridized carbons (Fsp3) is 0.583. The van der Waals surface area contributed by atoms with E-state index >= 15 is 0 Å². The van der Waals surface area contributed by atoms with Crippen LogP contribution in [-0.2, 0) is 14.3 Å². The Kier molecular flexibility index (Phi) is 3.40. The predicted molar refractivity (Wildman–Crippen MR) is 61.3 cm³/mol. The van der Waals surface area contributed by atoms with Gasteiger partial charge in [-0.05, 0) is 39.7 Å². The lowest BCUT2D eigenvalue weighted by Crippen LogP contribution is -2.48. The molecule has 0 spiro atoms. The molecule has 5 nitrogen and oxygen atoms in total. The van der Waals surface area contributed by atoms with Gasteiger partial charge >= 0.3 is 6.09 Å². The number of rotatable bonds is 3. The van der Waals surface area contributed by atoms with E-state index in [4.69, 9.17) is 4.74 Å². The van der Waals surface area contributed by atoms with Gasteiger partial charge in [-0.15, -0.1) is 0 Å². The van der Waals surface area contributed by atoms with Crippen molar-refractivity contribution in [2.24, 2.45) is 0 Å². The molecule has 0 heterocycles. The number of carbonyl (C=O) groups is 3. The molecule has 0 bridgehead atoms. The van der Waals surface area contributed by atoms with Crippen molar-refractivity contribution < 1.29 is 19.1 Å². The van der Waals surface area contributed by atoms with E-state index in [1.54, 1.807) is 20.8 Å². The first-order chi connectivity index (χ1) is 7.75. The summed E-state index contributed by atoms with van der Waals surface area (Å²) in [5.74, 6) is -0.608. The predicted octanol–water partition coefficient (Wildman–Crippen LogP) is 1.67. The summed E-state index contributed by atoms with van der Waals surface area (Å²) in [4.78, 5) is 35.4. The average Bonchev–Trinajstić information content (AvgIpc) is 2.96. The lowest BCUT2D eigenvalue weighted by molar-refractivity contribution is -0.132. The smallest absolute Gasteiger partial charge is 0.418 e. The second kappa shape index (κ2) is 4.31. The number of ether oxygens (including phenoxy) is 1. The summed E-state index contributed by atoms with van der Waals surface area (Å²) in [5.41, 5.74) is -1.73. The zero-order valence-electron chi connectivity index (χ0n) is 10.4. The van der Waals surface area contributed by atoms with Crippen LogP contribution in [0.3, 0.4) is 0 Å². The molecule has 0 aromatic heterocycles. The summed E-state index contributed by atoms with van der Waals surface area (Å²) in [7, 11) is 0. The maximum absolute atomic E-state index is 11.9. The summed E-state index contributed by atoms with van der Waals surface area (Å²) in [5, 5.41) is 0. The van der Waals surface area contributed by atoms with E-state index in [2.05, 4.69) is 6.58 Å². The molecule has 5 heteroatoms. The highest BCUT2D eigenvalue weighted by molar-refractivity contribution is 6.02. The van der Waals surface area contributed by atoms with Crippen molar-refractivity contribution in [2.75, 3.05) is 0 Å². The number of amides is 2. The van der Waals surface area contributed by atoms with Gasteiger partial charge in [0.1, 0.15) is 17.4 Å². The van der Waals surface area contributed by atoms with Gasteiger partial charge in [0.2, 0.25) is 0 Å². The van der Waals surface area contributed by atoms with Crippen LogP contribution in [0.25, 0.3) is 0 Å². The van der Waals surface area contributed by atoms with Gasteiger partial charge in [-0.1, -0.05) is 6.58 Å². The second-order valence-electron chi connectivity index (χ2n) is 5.08. The minimum atomic E-state index is -1.02. The topological polar surface area (TPSA) is 63.7 Å². The summed E-state index contributed by atoms with van der Waals surface area (Å²) >= 11 is 0. The molecule has 0 aromatic rings. The Labute approximate surface area is 100 Å². The van der Waals surface area contributed by atoms with Crippen molar-refractivity contribution in [3.63, 3.8) is 0 Å². The number of aldehydes is 1. The molecule has 0 saturated heterocycles. The van der Waals surface area contributed by atoms with Crippen LogP contribution in [0.2, 0.25) is 0 Å². The number of carbonyl (C=O) groups excluding carboxylic acids is 3. The van der Waals surface area contributed by atoms with Crippen LogP contribution in [0.5, 0.6) is 0 Å². The number of hydrogen-bond acceptors (Lipinski definition) is 4. The number of nitrogens with zero attached hydrogens (tertiary/aromatic N) is 1. The van der Waals surface area contributed by atoms with E-state index in [9.17, 15) is 14.4 Å². The Hall–Kier alpha value is -1.65. The van der Waals surface area contributed by atoms with Crippen LogP contribution >= 0.6 is 0 Å². The molecule has 1 aliphatic rings. The molecule has 94 valence electrons. The van der Waals surface area contributed by atoms with Gasteiger partial charge in [0, 0.05) is 0 Å². The summed E-state index contributed by atoms with van der Waals surface area (Å²) < 4.78 is 5.11. The quantitative estimate of drug-likeness (QED) is 0.555. The van der Waals surface area contributed by atoms with Gasteiger partial charge in [0.25, 0.3) is 5.91 Å². The van der Waals surface area contributed by atoms with Gasteiger partial charge in [0.15, 0.2) is 0 Å². The van der Waals surface area contributed by atoms with E-state index in [0.717, 1.165) is 11.0 Å². The standard InChI is InChI=1S/C12H17NO4/c1-5-9(15)13(12(8-14)6-7-12)10(16)17-11(2,3)4/h5,8H,1,6-7H2,2-4H3. The molecule has 2 amide bonds. The zero-order valence-corrected chi connectivity index (χ0v) is 10.4. The molecule has 0 N–H and O–H groups in total. The average molecular weight is 239 g/mol. The fourth-order valence-corrected chi connectivity index (χ4v) is 1.41. The SMILES string of the molecule is C=CC(=O)N(C(=O)OC(C)(C)C)C1(C=O)CC1. The molecule has 17 heavy (non-hydrogen) atoms. The normalized spacial score (nSPS) is 16.9. The monoisotopic (exact) mass is 239 g/mol. The number of imide groups is 1. The van der Waals surface area contributed by atoms with Gasteiger partial charge < -0.3 is 9.53 Å². The Morgan fingerprint density at radius 3 is 2.18 bits per heavy atom. The van der Waals surface area contributed by atoms with Crippen LogP contribution in [0.1, 0.15) is 33.6 Å². The lowest BCUT2D eigenvalue weighted by atomic mass is 10.2. The molecule has 1 fully saturated rings. The molecule has 0 radical (unpaired) electrons. The molecule has 0 aromatic carbocycles. The molecule has 1 saturated carbocycles. The molecule has 0 aliphatic heterocycles. The van der Waals surface area contributed by atoms with E-state index in [-0.39, 0.29) is 0 Å². The third kappa shape index (κ3) is 2.93. The molecule has 1 aliphatic carbocycles. The molecular formula is C12H17NO4. The van der Waals surface area contributed by atoms with Crippen LogP contribution in [0.4, 0.5) is 4.79 Å². The van der Waals surface area contributed by atoms with E-state index < -0.39 is 23.1 Å². The Morgan fingerprint density at radius 2 is 1.88 bits per heavy atom. The highest BCUT2D eigenvalue weighted by atomic mass is 16.6. The number of hydrogen-bond donors (Lipinski definition) is 0. The zero-order chi connectivity index (χ0) is 13.3. The minimum Gasteiger partial charge on any atom is -0.443 e. The van der Waals surface area contributed by atoms with Crippen LogP contribution in [-0.4, -0.2) is 34.3 Å². The van der Waals surface area contributed by atoms with Gasteiger partial charge in [-0.3, -0.25) is 4.79 Å². The maximum Gasteiger partial charge on any atom is 0.418 e. The van der Waals surface area contributed by atoms with Crippen molar-refractivity contribution >= 4 is 18.3 Å². The highest BCUT2D eigenvalue weighted by Crippen LogP contribution is 2.40. The Bertz CT molecular complexity index is 363. The Morgan fingerprint density at radius 1 is 1.35 bits per heavy atom. The first-order valence-electron chi connectivity index (χ1n) is 5.42. The van der Waals surface area contributed by atoms with Gasteiger partial charge in [-0.25, -0.2) is 9.69 Å². The van der Waals surface area contributed by atoms with E-state index in [1.165, 1.54) is 0 Å². The largest absolute Gasteiger partial charge is 0.443 e.